The van der Waals surface area contributed by atoms with Crippen molar-refractivity contribution in [2.24, 2.45) is 5.92 Å². The Balaban J connectivity index is 1.29. The average molecular weight is 536 g/mol. The van der Waals surface area contributed by atoms with Crippen LogP contribution in [-0.2, 0) is 0 Å². The molecule has 2 atom stereocenters. The number of aliphatic hydroxyl groups excluding tert-OH is 2. The molecule has 0 saturated carbocycles. The van der Waals surface area contributed by atoms with Gasteiger partial charge in [-0.2, -0.15) is 0 Å². The Kier molecular flexibility index (Phi) is 7.18. The van der Waals surface area contributed by atoms with E-state index in [0.29, 0.717) is 5.57 Å². The lowest BCUT2D eigenvalue weighted by Gasteiger charge is -2.28. The molecule has 41 heavy (non-hydrogen) atoms. The molecule has 0 bridgehead atoms. The quantitative estimate of drug-likeness (QED) is 0.227. The van der Waals surface area contributed by atoms with Gasteiger partial charge < -0.3 is 15.1 Å². The molecule has 5 aromatic carbocycles. The molecule has 0 radical (unpaired) electrons. The summed E-state index contributed by atoms with van der Waals surface area (Å²) in [5.74, 6) is -0.141. The third kappa shape index (κ3) is 5.27. The highest BCUT2D eigenvalue weighted by molar-refractivity contribution is 5.79. The maximum Gasteiger partial charge on any atom is 0.155 e. The minimum atomic E-state index is -0.191. The van der Waals surface area contributed by atoms with Crippen LogP contribution in [0.1, 0.15) is 25.3 Å². The maximum atomic E-state index is 10.4. The summed E-state index contributed by atoms with van der Waals surface area (Å²) in [6.45, 7) is 3.78. The van der Waals surface area contributed by atoms with Gasteiger partial charge in [0.25, 0.3) is 0 Å². The molecular formula is C38H33NO2. The molecule has 0 aromatic heterocycles. The maximum absolute atomic E-state index is 10.4. The Morgan fingerprint density at radius 1 is 0.512 bits per heavy atom. The first-order valence-corrected chi connectivity index (χ1v) is 14.0. The highest BCUT2D eigenvalue weighted by Crippen LogP contribution is 2.40. The van der Waals surface area contributed by atoms with E-state index >= 15 is 0 Å². The first-order chi connectivity index (χ1) is 20.0. The lowest BCUT2D eigenvalue weighted by molar-refractivity contribution is 0.269. The highest BCUT2D eigenvalue weighted by atomic mass is 16.3. The standard InChI is InChI=1S/C38H33NO2/c1-26-25-36(27(2)38(41)37(26)40)32-19-23-35(24-20-32)39(33-11-7-4-8-12-33)34-21-17-31(18-22-34)30-15-13-29(14-16-30)28-9-5-3-6-10-28/h3-25,27,36,40-41H,1-2H3. The summed E-state index contributed by atoms with van der Waals surface area (Å²) in [7, 11) is 0. The summed E-state index contributed by atoms with van der Waals surface area (Å²) >= 11 is 0. The van der Waals surface area contributed by atoms with Gasteiger partial charge in [0.15, 0.2) is 5.76 Å². The van der Waals surface area contributed by atoms with Crippen molar-refractivity contribution in [2.75, 3.05) is 4.90 Å². The fourth-order valence-electron chi connectivity index (χ4n) is 5.62. The van der Waals surface area contributed by atoms with Gasteiger partial charge in [0, 0.05) is 28.9 Å². The summed E-state index contributed by atoms with van der Waals surface area (Å²) in [5.41, 5.74) is 9.77. The topological polar surface area (TPSA) is 43.7 Å². The van der Waals surface area contributed by atoms with Crippen LogP contribution >= 0.6 is 0 Å². The number of allylic oxidation sites excluding steroid dienone is 3. The van der Waals surface area contributed by atoms with E-state index in [0.717, 1.165) is 22.6 Å². The van der Waals surface area contributed by atoms with E-state index in [1.807, 2.05) is 32.1 Å². The monoisotopic (exact) mass is 535 g/mol. The summed E-state index contributed by atoms with van der Waals surface area (Å²) in [4.78, 5) is 2.25. The van der Waals surface area contributed by atoms with E-state index in [1.165, 1.54) is 22.3 Å². The largest absolute Gasteiger partial charge is 0.508 e. The molecule has 1 aliphatic carbocycles. The van der Waals surface area contributed by atoms with Gasteiger partial charge >= 0.3 is 0 Å². The smallest absolute Gasteiger partial charge is 0.155 e. The first-order valence-electron chi connectivity index (χ1n) is 14.0. The normalized spacial score (nSPS) is 16.8. The Bertz CT molecular complexity index is 1690. The molecular weight excluding hydrogens is 502 g/mol. The molecule has 1 aliphatic rings. The van der Waals surface area contributed by atoms with Crippen molar-refractivity contribution in [2.45, 2.75) is 19.8 Å². The molecule has 2 N–H and O–H groups in total. The lowest BCUT2D eigenvalue weighted by atomic mass is 9.80. The van der Waals surface area contributed by atoms with Gasteiger partial charge in [0.1, 0.15) is 5.76 Å². The molecule has 0 saturated heterocycles. The molecule has 5 aromatic rings. The van der Waals surface area contributed by atoms with Crippen LogP contribution in [0.5, 0.6) is 0 Å². The molecule has 0 heterocycles. The van der Waals surface area contributed by atoms with Crippen LogP contribution in [0.25, 0.3) is 22.3 Å². The average Bonchev–Trinajstić information content (AvgIpc) is 3.04. The number of aliphatic hydroxyl groups is 2. The number of nitrogens with zero attached hydrogens (tertiary/aromatic N) is 1. The van der Waals surface area contributed by atoms with E-state index in [4.69, 9.17) is 0 Å². The van der Waals surface area contributed by atoms with E-state index in [2.05, 4.69) is 126 Å². The molecule has 3 heteroatoms. The third-order valence-electron chi connectivity index (χ3n) is 8.02. The van der Waals surface area contributed by atoms with Crippen molar-refractivity contribution in [3.63, 3.8) is 0 Å². The number of para-hydroxylation sites is 1. The molecule has 6 rings (SSSR count). The molecule has 0 aliphatic heterocycles. The van der Waals surface area contributed by atoms with Gasteiger partial charge in [-0.3, -0.25) is 0 Å². The number of rotatable bonds is 6. The third-order valence-corrected chi connectivity index (χ3v) is 8.02. The second kappa shape index (κ2) is 11.2. The molecule has 2 unspecified atom stereocenters. The van der Waals surface area contributed by atoms with Crippen molar-refractivity contribution in [1.29, 1.82) is 0 Å². The van der Waals surface area contributed by atoms with Gasteiger partial charge in [-0.15, -0.1) is 0 Å². The minimum absolute atomic E-state index is 0.00214. The van der Waals surface area contributed by atoms with Crippen molar-refractivity contribution >= 4 is 17.1 Å². The van der Waals surface area contributed by atoms with E-state index < -0.39 is 0 Å². The van der Waals surface area contributed by atoms with Crippen LogP contribution < -0.4 is 4.90 Å². The molecule has 0 spiro atoms. The van der Waals surface area contributed by atoms with E-state index in [1.54, 1.807) is 0 Å². The van der Waals surface area contributed by atoms with Gasteiger partial charge in [-0.1, -0.05) is 110 Å². The molecule has 3 nitrogen and oxygen atoms in total. The lowest BCUT2D eigenvalue weighted by Crippen LogP contribution is -2.17. The van der Waals surface area contributed by atoms with Crippen LogP contribution in [0.2, 0.25) is 0 Å². The van der Waals surface area contributed by atoms with Crippen LogP contribution in [0.15, 0.2) is 157 Å². The van der Waals surface area contributed by atoms with Crippen LogP contribution in [-0.4, -0.2) is 10.2 Å². The zero-order valence-corrected chi connectivity index (χ0v) is 23.3. The summed E-state index contributed by atoms with van der Waals surface area (Å²) in [6, 6.07) is 46.7. The van der Waals surface area contributed by atoms with Gasteiger partial charge in [-0.25, -0.2) is 0 Å². The minimum Gasteiger partial charge on any atom is -0.508 e. The second-order valence-corrected chi connectivity index (χ2v) is 10.7. The number of hydrogen-bond acceptors (Lipinski definition) is 3. The van der Waals surface area contributed by atoms with Crippen molar-refractivity contribution in [3.8, 4) is 22.3 Å². The number of benzene rings is 5. The predicted octanol–water partition coefficient (Wildman–Crippen LogP) is 10.5. The predicted molar refractivity (Wildman–Crippen MR) is 170 cm³/mol. The first kappa shape index (κ1) is 26.2. The zero-order valence-electron chi connectivity index (χ0n) is 23.3. The zero-order chi connectivity index (χ0) is 28.3. The number of hydrogen-bond donors (Lipinski definition) is 2. The fourth-order valence-corrected chi connectivity index (χ4v) is 5.62. The highest BCUT2D eigenvalue weighted by Gasteiger charge is 2.28. The molecule has 0 fully saturated rings. The summed E-state index contributed by atoms with van der Waals surface area (Å²) < 4.78 is 0. The van der Waals surface area contributed by atoms with Crippen molar-refractivity contribution < 1.29 is 10.2 Å². The summed E-state index contributed by atoms with van der Waals surface area (Å²) in [6.07, 6.45) is 2.04. The van der Waals surface area contributed by atoms with Crippen molar-refractivity contribution in [3.05, 3.63) is 162 Å². The second-order valence-electron chi connectivity index (χ2n) is 10.7. The molecule has 0 amide bonds. The van der Waals surface area contributed by atoms with Gasteiger partial charge in [0.2, 0.25) is 0 Å². The van der Waals surface area contributed by atoms with Crippen molar-refractivity contribution in [1.82, 2.24) is 0 Å². The number of anilines is 3. The van der Waals surface area contributed by atoms with E-state index in [-0.39, 0.29) is 23.4 Å². The van der Waals surface area contributed by atoms with Gasteiger partial charge in [0.05, 0.1) is 0 Å². The van der Waals surface area contributed by atoms with Crippen LogP contribution in [0.4, 0.5) is 17.1 Å². The van der Waals surface area contributed by atoms with Gasteiger partial charge in [-0.05, 0) is 76.7 Å². The van der Waals surface area contributed by atoms with Crippen LogP contribution in [0.3, 0.4) is 0 Å². The Morgan fingerprint density at radius 2 is 0.927 bits per heavy atom. The Hall–Kier alpha value is -5.02. The SMILES string of the molecule is CC1=CC(c2ccc(N(c3ccccc3)c3ccc(-c4ccc(-c5ccccc5)cc4)cc3)cc2)C(C)C(O)=C1O. The fraction of sp³-hybridized carbons (Fsp3) is 0.105. The molecule has 202 valence electrons. The van der Waals surface area contributed by atoms with E-state index in [9.17, 15) is 10.2 Å². The van der Waals surface area contributed by atoms with Crippen LogP contribution in [0, 0.1) is 5.92 Å². The summed E-state index contributed by atoms with van der Waals surface area (Å²) in [5, 5.41) is 20.6. The Labute approximate surface area is 242 Å². The Morgan fingerprint density at radius 3 is 1.46 bits per heavy atom.